The number of fused-ring (bicyclic) bond motifs is 3. The third-order valence-corrected chi connectivity index (χ3v) is 4.06. The number of hydrogen-bond donors (Lipinski definition) is 3. The number of rotatable bonds is 3. The normalized spacial score (nSPS) is 22.1. The fourth-order valence-electron chi connectivity index (χ4n) is 3.17. The number of H-pyrrole nitrogens is 1. The van der Waals surface area contributed by atoms with Gasteiger partial charge in [0.2, 0.25) is 5.91 Å². The molecule has 0 saturated heterocycles. The molecule has 0 bridgehead atoms. The summed E-state index contributed by atoms with van der Waals surface area (Å²) in [7, 11) is 0. The molecule has 1 amide bonds. The van der Waals surface area contributed by atoms with Gasteiger partial charge in [0.25, 0.3) is 0 Å². The van der Waals surface area contributed by atoms with Crippen LogP contribution in [0.5, 0.6) is 0 Å². The van der Waals surface area contributed by atoms with E-state index < -0.39 is 0 Å². The summed E-state index contributed by atoms with van der Waals surface area (Å²) >= 11 is 0. The van der Waals surface area contributed by atoms with E-state index in [4.69, 9.17) is 5.73 Å². The van der Waals surface area contributed by atoms with E-state index in [0.29, 0.717) is 12.3 Å². The van der Waals surface area contributed by atoms with Gasteiger partial charge >= 0.3 is 0 Å². The van der Waals surface area contributed by atoms with E-state index in [1.807, 2.05) is 12.1 Å². The molecule has 0 fully saturated rings. The van der Waals surface area contributed by atoms with Gasteiger partial charge in [0.1, 0.15) is 0 Å². The Hall–Kier alpha value is -1.81. The van der Waals surface area contributed by atoms with Crippen molar-refractivity contribution >= 4 is 16.8 Å². The summed E-state index contributed by atoms with van der Waals surface area (Å²) in [6, 6.07) is 8.16. The van der Waals surface area contributed by atoms with E-state index in [1.54, 1.807) is 0 Å². The Morgan fingerprint density at radius 2 is 2.15 bits per heavy atom. The summed E-state index contributed by atoms with van der Waals surface area (Å²) in [6.07, 6.45) is 1.66. The minimum atomic E-state index is -0.273. The fourth-order valence-corrected chi connectivity index (χ4v) is 3.17. The van der Waals surface area contributed by atoms with Crippen molar-refractivity contribution in [3.8, 4) is 0 Å². The van der Waals surface area contributed by atoms with Gasteiger partial charge < -0.3 is 10.7 Å². The maximum atomic E-state index is 11.6. The molecule has 1 aliphatic rings. The summed E-state index contributed by atoms with van der Waals surface area (Å²) in [5.74, 6) is 0.285. The summed E-state index contributed by atoms with van der Waals surface area (Å²) in [5, 5.41) is 4.61. The molecule has 2 aromatic rings. The zero-order valence-electron chi connectivity index (χ0n) is 11.9. The van der Waals surface area contributed by atoms with Gasteiger partial charge in [-0.25, -0.2) is 0 Å². The molecule has 4 heteroatoms. The van der Waals surface area contributed by atoms with E-state index in [9.17, 15) is 4.79 Å². The van der Waals surface area contributed by atoms with Crippen molar-refractivity contribution in [2.45, 2.75) is 38.8 Å². The highest BCUT2D eigenvalue weighted by Crippen LogP contribution is 2.34. The number of carbonyl (C=O) groups is 1. The van der Waals surface area contributed by atoms with Crippen molar-refractivity contribution in [3.05, 3.63) is 35.5 Å². The lowest BCUT2D eigenvalue weighted by Crippen LogP contribution is -2.48. The molecule has 106 valence electrons. The van der Waals surface area contributed by atoms with Crippen molar-refractivity contribution < 1.29 is 4.79 Å². The van der Waals surface area contributed by atoms with Crippen molar-refractivity contribution in [1.82, 2.24) is 10.3 Å². The molecule has 3 rings (SSSR count). The Morgan fingerprint density at radius 1 is 1.40 bits per heavy atom. The summed E-state index contributed by atoms with van der Waals surface area (Å²) < 4.78 is 0. The third kappa shape index (κ3) is 2.20. The van der Waals surface area contributed by atoms with Gasteiger partial charge in [-0.1, -0.05) is 32.0 Å². The van der Waals surface area contributed by atoms with E-state index in [0.717, 1.165) is 11.9 Å². The largest absolute Gasteiger partial charge is 0.368 e. The lowest BCUT2D eigenvalue weighted by Gasteiger charge is -2.30. The first-order chi connectivity index (χ1) is 9.56. The zero-order valence-corrected chi connectivity index (χ0v) is 11.9. The number of aromatic nitrogens is 1. The number of aromatic amines is 1. The fraction of sp³-hybridized carbons (Fsp3) is 0.438. The minimum absolute atomic E-state index is 0.170. The first-order valence-electron chi connectivity index (χ1n) is 7.21. The first kappa shape index (κ1) is 13.2. The number of para-hydroxylation sites is 1. The standard InChI is InChI=1S/C16H21N3O/c1-9(2)7-13-15-11(8-14(18-13)16(17)20)10-5-3-4-6-12(10)19-15/h3-6,9,13-14,18-19H,7-8H2,1-2H3,(H2,17,20)/t13-,14+/m1/s1. The number of carbonyl (C=O) groups excluding carboxylic acids is 1. The number of nitrogens with one attached hydrogen (secondary N) is 2. The SMILES string of the molecule is CC(C)C[C@H]1N[C@H](C(N)=O)Cc2c1[nH]c1ccccc21. The molecule has 1 aromatic heterocycles. The number of hydrogen-bond acceptors (Lipinski definition) is 2. The van der Waals surface area contributed by atoms with Gasteiger partial charge in [0.05, 0.1) is 6.04 Å². The van der Waals surface area contributed by atoms with Gasteiger partial charge in [-0.15, -0.1) is 0 Å². The molecule has 4 nitrogen and oxygen atoms in total. The van der Waals surface area contributed by atoms with Crippen LogP contribution in [0, 0.1) is 5.92 Å². The van der Waals surface area contributed by atoms with Crippen LogP contribution in [0.1, 0.15) is 37.6 Å². The smallest absolute Gasteiger partial charge is 0.234 e. The Balaban J connectivity index is 2.09. The molecule has 1 aliphatic heterocycles. The van der Waals surface area contributed by atoms with E-state index in [-0.39, 0.29) is 18.0 Å². The molecule has 2 heterocycles. The lowest BCUT2D eigenvalue weighted by atomic mass is 9.89. The zero-order chi connectivity index (χ0) is 14.3. The lowest BCUT2D eigenvalue weighted by molar-refractivity contribution is -0.120. The van der Waals surface area contributed by atoms with E-state index >= 15 is 0 Å². The Kier molecular flexibility index (Phi) is 3.26. The average Bonchev–Trinajstić information content (AvgIpc) is 2.77. The van der Waals surface area contributed by atoms with Crippen LogP contribution in [-0.4, -0.2) is 16.9 Å². The molecule has 2 atom stereocenters. The van der Waals surface area contributed by atoms with Crippen LogP contribution in [-0.2, 0) is 11.2 Å². The van der Waals surface area contributed by atoms with Gasteiger partial charge in [0, 0.05) is 22.6 Å². The molecule has 0 unspecified atom stereocenters. The second-order valence-electron chi connectivity index (χ2n) is 6.07. The predicted molar refractivity (Wildman–Crippen MR) is 80.3 cm³/mol. The molecular weight excluding hydrogens is 250 g/mol. The van der Waals surface area contributed by atoms with Crippen LogP contribution in [0.15, 0.2) is 24.3 Å². The van der Waals surface area contributed by atoms with Crippen LogP contribution in [0.4, 0.5) is 0 Å². The summed E-state index contributed by atoms with van der Waals surface area (Å²) in [6.45, 7) is 4.38. The van der Waals surface area contributed by atoms with E-state index in [1.165, 1.54) is 16.6 Å². The maximum Gasteiger partial charge on any atom is 0.234 e. The highest BCUT2D eigenvalue weighted by molar-refractivity contribution is 5.87. The molecule has 0 radical (unpaired) electrons. The van der Waals surface area contributed by atoms with Crippen LogP contribution in [0.25, 0.3) is 10.9 Å². The van der Waals surface area contributed by atoms with Gasteiger partial charge in [-0.3, -0.25) is 10.1 Å². The van der Waals surface area contributed by atoms with Crippen LogP contribution >= 0.6 is 0 Å². The molecule has 4 N–H and O–H groups in total. The third-order valence-electron chi connectivity index (χ3n) is 4.06. The molecule has 20 heavy (non-hydrogen) atoms. The number of nitrogens with two attached hydrogens (primary N) is 1. The molecule has 1 aromatic carbocycles. The molecule has 0 aliphatic carbocycles. The number of primary amides is 1. The van der Waals surface area contributed by atoms with Crippen molar-refractivity contribution in [1.29, 1.82) is 0 Å². The van der Waals surface area contributed by atoms with E-state index in [2.05, 4.69) is 36.3 Å². The van der Waals surface area contributed by atoms with Gasteiger partial charge in [0.15, 0.2) is 0 Å². The second-order valence-corrected chi connectivity index (χ2v) is 6.07. The maximum absolute atomic E-state index is 11.6. The monoisotopic (exact) mass is 271 g/mol. The molecule has 0 spiro atoms. The van der Waals surface area contributed by atoms with Crippen molar-refractivity contribution in [3.63, 3.8) is 0 Å². The molecular formula is C16H21N3O. The average molecular weight is 271 g/mol. The quantitative estimate of drug-likeness (QED) is 0.801. The minimum Gasteiger partial charge on any atom is -0.368 e. The molecule has 0 saturated carbocycles. The second kappa shape index (κ2) is 4.94. The topological polar surface area (TPSA) is 70.9 Å². The Morgan fingerprint density at radius 3 is 2.85 bits per heavy atom. The highest BCUT2D eigenvalue weighted by atomic mass is 16.1. The van der Waals surface area contributed by atoms with Crippen LogP contribution in [0.3, 0.4) is 0 Å². The number of amides is 1. The summed E-state index contributed by atoms with van der Waals surface area (Å²) in [5.41, 5.74) is 9.12. The van der Waals surface area contributed by atoms with Crippen molar-refractivity contribution in [2.75, 3.05) is 0 Å². The predicted octanol–water partition coefficient (Wildman–Crippen LogP) is 2.25. The van der Waals surface area contributed by atoms with Crippen LogP contribution in [0.2, 0.25) is 0 Å². The first-order valence-corrected chi connectivity index (χ1v) is 7.21. The van der Waals surface area contributed by atoms with Crippen molar-refractivity contribution in [2.24, 2.45) is 11.7 Å². The Labute approximate surface area is 118 Å². The van der Waals surface area contributed by atoms with Gasteiger partial charge in [-0.2, -0.15) is 0 Å². The summed E-state index contributed by atoms with van der Waals surface area (Å²) in [4.78, 5) is 15.1. The number of benzene rings is 1. The Bertz CT molecular complexity index is 644. The van der Waals surface area contributed by atoms with Crippen LogP contribution < -0.4 is 11.1 Å². The highest BCUT2D eigenvalue weighted by Gasteiger charge is 2.32. The van der Waals surface area contributed by atoms with Gasteiger partial charge in [-0.05, 0) is 30.4 Å².